The van der Waals surface area contributed by atoms with Crippen LogP contribution in [0.1, 0.15) is 12.3 Å². The Morgan fingerprint density at radius 2 is 2.62 bits per heavy atom. The van der Waals surface area contributed by atoms with E-state index in [0.29, 0.717) is 11.8 Å². The van der Waals surface area contributed by atoms with E-state index < -0.39 is 0 Å². The maximum absolute atomic E-state index is 5.59. The Labute approximate surface area is 76.9 Å². The predicted octanol–water partition coefficient (Wildman–Crippen LogP) is -0.150. The van der Waals surface area contributed by atoms with Crippen molar-refractivity contribution in [3.8, 4) is 0 Å². The molecule has 1 aliphatic heterocycles. The molecule has 0 bridgehead atoms. The quantitative estimate of drug-likeness (QED) is 0.704. The van der Waals surface area contributed by atoms with Gasteiger partial charge in [0.25, 0.3) is 0 Å². The van der Waals surface area contributed by atoms with E-state index >= 15 is 0 Å². The molecule has 13 heavy (non-hydrogen) atoms. The van der Waals surface area contributed by atoms with Gasteiger partial charge in [-0.25, -0.2) is 0 Å². The second-order valence-corrected chi connectivity index (χ2v) is 3.46. The van der Waals surface area contributed by atoms with E-state index in [2.05, 4.69) is 15.0 Å². The molecule has 1 unspecified atom stereocenters. The molecule has 5 nitrogen and oxygen atoms in total. The number of rotatable bonds is 3. The zero-order valence-electron chi connectivity index (χ0n) is 7.52. The summed E-state index contributed by atoms with van der Waals surface area (Å²) in [4.78, 5) is 6.28. The van der Waals surface area contributed by atoms with Crippen molar-refractivity contribution in [2.45, 2.75) is 13.0 Å². The van der Waals surface area contributed by atoms with Crippen molar-refractivity contribution in [2.75, 3.05) is 19.6 Å². The van der Waals surface area contributed by atoms with Crippen molar-refractivity contribution in [3.63, 3.8) is 0 Å². The van der Waals surface area contributed by atoms with Crippen LogP contribution in [0.3, 0.4) is 0 Å². The predicted molar refractivity (Wildman–Crippen MR) is 46.7 cm³/mol. The largest absolute Gasteiger partial charge is 0.338 e. The first-order valence-corrected chi connectivity index (χ1v) is 4.56. The van der Waals surface area contributed by atoms with Gasteiger partial charge in [0.05, 0.1) is 6.54 Å². The summed E-state index contributed by atoms with van der Waals surface area (Å²) in [6, 6.07) is 0. The van der Waals surface area contributed by atoms with Gasteiger partial charge in [0.15, 0.2) is 6.33 Å². The van der Waals surface area contributed by atoms with Gasteiger partial charge >= 0.3 is 0 Å². The van der Waals surface area contributed by atoms with Crippen LogP contribution in [0.5, 0.6) is 0 Å². The molecule has 1 atom stereocenters. The number of nitrogens with zero attached hydrogens (tertiary/aromatic N) is 3. The van der Waals surface area contributed by atoms with Crippen molar-refractivity contribution < 1.29 is 4.52 Å². The van der Waals surface area contributed by atoms with Gasteiger partial charge in [-0.15, -0.1) is 0 Å². The van der Waals surface area contributed by atoms with Crippen LogP contribution in [-0.2, 0) is 6.54 Å². The fraction of sp³-hybridized carbons (Fsp3) is 0.750. The number of aromatic nitrogens is 2. The molecule has 2 N–H and O–H groups in total. The highest BCUT2D eigenvalue weighted by atomic mass is 16.5. The van der Waals surface area contributed by atoms with Crippen LogP contribution in [0.4, 0.5) is 0 Å². The van der Waals surface area contributed by atoms with Crippen LogP contribution in [-0.4, -0.2) is 34.7 Å². The normalized spacial score (nSPS) is 23.9. The van der Waals surface area contributed by atoms with E-state index in [0.717, 1.165) is 26.2 Å². The van der Waals surface area contributed by atoms with Crippen LogP contribution >= 0.6 is 0 Å². The van der Waals surface area contributed by atoms with Gasteiger partial charge in [0.1, 0.15) is 0 Å². The lowest BCUT2D eigenvalue weighted by molar-refractivity contribution is 0.261. The van der Waals surface area contributed by atoms with Gasteiger partial charge < -0.3 is 10.3 Å². The lowest BCUT2D eigenvalue weighted by atomic mass is 10.1. The summed E-state index contributed by atoms with van der Waals surface area (Å²) in [5.74, 6) is 1.33. The minimum atomic E-state index is 0.642. The summed E-state index contributed by atoms with van der Waals surface area (Å²) in [5, 5.41) is 3.57. The number of nitrogens with two attached hydrogens (primary N) is 1. The fourth-order valence-electron chi connectivity index (χ4n) is 1.71. The molecule has 0 aromatic carbocycles. The van der Waals surface area contributed by atoms with Crippen LogP contribution in [0.15, 0.2) is 10.9 Å². The summed E-state index contributed by atoms with van der Waals surface area (Å²) in [5.41, 5.74) is 5.59. The van der Waals surface area contributed by atoms with E-state index in [1.54, 1.807) is 0 Å². The van der Waals surface area contributed by atoms with E-state index in [4.69, 9.17) is 10.3 Å². The minimum Gasteiger partial charge on any atom is -0.338 e. The molecule has 1 saturated heterocycles. The maximum Gasteiger partial charge on any atom is 0.240 e. The highest BCUT2D eigenvalue weighted by Crippen LogP contribution is 2.16. The zero-order chi connectivity index (χ0) is 9.10. The standard InChI is InChI=1S/C8H14N4O/c9-3-7-1-2-12(4-7)5-8-10-6-11-13-8/h6-7H,1-5,9H2. The molecular weight excluding hydrogens is 168 g/mol. The van der Waals surface area contributed by atoms with Gasteiger partial charge in [-0.05, 0) is 25.4 Å². The second kappa shape index (κ2) is 3.85. The number of hydrogen-bond donors (Lipinski definition) is 1. The molecule has 1 aromatic rings. The molecule has 1 aliphatic rings. The van der Waals surface area contributed by atoms with E-state index in [1.165, 1.54) is 12.7 Å². The number of hydrogen-bond acceptors (Lipinski definition) is 5. The maximum atomic E-state index is 5.59. The molecule has 0 aliphatic carbocycles. The summed E-state index contributed by atoms with van der Waals surface area (Å²) in [6.45, 7) is 3.68. The van der Waals surface area contributed by atoms with E-state index in [1.807, 2.05) is 0 Å². The van der Waals surface area contributed by atoms with E-state index in [-0.39, 0.29) is 0 Å². The number of likely N-dealkylation sites (tertiary alicyclic amines) is 1. The highest BCUT2D eigenvalue weighted by molar-refractivity contribution is 4.81. The van der Waals surface area contributed by atoms with Gasteiger partial charge in [-0.2, -0.15) is 4.98 Å². The Bertz CT molecular complexity index is 249. The summed E-state index contributed by atoms with van der Waals surface area (Å²) in [6.07, 6.45) is 2.62. The van der Waals surface area contributed by atoms with Gasteiger partial charge in [0.2, 0.25) is 5.89 Å². The first-order chi connectivity index (χ1) is 6.38. The lowest BCUT2D eigenvalue weighted by Crippen LogP contribution is -2.22. The summed E-state index contributed by atoms with van der Waals surface area (Å²) >= 11 is 0. The Kier molecular flexibility index (Phi) is 2.56. The van der Waals surface area contributed by atoms with Crippen molar-refractivity contribution in [1.82, 2.24) is 15.0 Å². The molecule has 0 radical (unpaired) electrons. The summed E-state index contributed by atoms with van der Waals surface area (Å²) < 4.78 is 4.93. The van der Waals surface area contributed by atoms with Crippen LogP contribution in [0.2, 0.25) is 0 Å². The third-order valence-electron chi connectivity index (χ3n) is 2.47. The monoisotopic (exact) mass is 182 g/mol. The Balaban J connectivity index is 1.84. The van der Waals surface area contributed by atoms with Crippen molar-refractivity contribution in [3.05, 3.63) is 12.2 Å². The van der Waals surface area contributed by atoms with Gasteiger partial charge in [-0.1, -0.05) is 5.16 Å². The molecule has 2 rings (SSSR count). The first-order valence-electron chi connectivity index (χ1n) is 4.56. The second-order valence-electron chi connectivity index (χ2n) is 3.46. The third kappa shape index (κ3) is 2.05. The molecule has 0 amide bonds. The fourth-order valence-corrected chi connectivity index (χ4v) is 1.71. The van der Waals surface area contributed by atoms with Crippen molar-refractivity contribution in [1.29, 1.82) is 0 Å². The summed E-state index contributed by atoms with van der Waals surface area (Å²) in [7, 11) is 0. The molecule has 2 heterocycles. The molecule has 0 saturated carbocycles. The minimum absolute atomic E-state index is 0.642. The lowest BCUT2D eigenvalue weighted by Gasteiger charge is -2.11. The van der Waals surface area contributed by atoms with Gasteiger partial charge in [0, 0.05) is 6.54 Å². The van der Waals surface area contributed by atoms with Crippen LogP contribution in [0, 0.1) is 5.92 Å². The molecular formula is C8H14N4O. The van der Waals surface area contributed by atoms with Crippen molar-refractivity contribution in [2.24, 2.45) is 11.7 Å². The SMILES string of the molecule is NCC1CCN(Cc2ncno2)C1. The Hall–Kier alpha value is -0.940. The average molecular weight is 182 g/mol. The topological polar surface area (TPSA) is 68.2 Å². The molecule has 0 spiro atoms. The molecule has 72 valence electrons. The molecule has 5 heteroatoms. The van der Waals surface area contributed by atoms with E-state index in [9.17, 15) is 0 Å². The smallest absolute Gasteiger partial charge is 0.240 e. The van der Waals surface area contributed by atoms with Gasteiger partial charge in [-0.3, -0.25) is 4.90 Å². The molecule has 1 fully saturated rings. The van der Waals surface area contributed by atoms with Crippen LogP contribution in [0.25, 0.3) is 0 Å². The zero-order valence-corrected chi connectivity index (χ0v) is 7.52. The Morgan fingerprint density at radius 3 is 3.23 bits per heavy atom. The molecule has 1 aromatic heterocycles. The van der Waals surface area contributed by atoms with Crippen molar-refractivity contribution >= 4 is 0 Å². The third-order valence-corrected chi connectivity index (χ3v) is 2.47. The average Bonchev–Trinajstić information content (AvgIpc) is 2.76. The Morgan fingerprint density at radius 1 is 1.69 bits per heavy atom. The van der Waals surface area contributed by atoms with Crippen LogP contribution < -0.4 is 5.73 Å². The highest BCUT2D eigenvalue weighted by Gasteiger charge is 2.22. The first kappa shape index (κ1) is 8.65.